The number of ether oxygens (including phenoxy) is 1. The monoisotopic (exact) mass is 466 g/mol. The van der Waals surface area contributed by atoms with E-state index >= 15 is 0 Å². The fourth-order valence-corrected chi connectivity index (χ4v) is 5.47. The standard InChI is InChI=1S/C22H22N6O2S2/c23-18-16-9-4-10-24-21(16)32-19(18)20-26-27-22(28(20)14-6-2-1-3-7-14)31-13-17(29)25-12-15-8-5-11-30-15/h1-4,6-7,9-10,15H,5,8,11-13,23H2,(H,25,29)/t15-/m1/s1. The van der Waals surface area contributed by atoms with Crippen molar-refractivity contribution in [2.24, 2.45) is 0 Å². The first-order valence-electron chi connectivity index (χ1n) is 10.4. The highest BCUT2D eigenvalue weighted by atomic mass is 32.2. The van der Waals surface area contributed by atoms with Crippen LogP contribution in [0.2, 0.25) is 0 Å². The summed E-state index contributed by atoms with van der Waals surface area (Å²) < 4.78 is 7.51. The Morgan fingerprint density at radius 1 is 1.25 bits per heavy atom. The number of carbonyl (C=O) groups excluding carboxylic acids is 1. The zero-order valence-corrected chi connectivity index (χ0v) is 18.9. The number of amides is 1. The molecule has 0 unspecified atom stereocenters. The maximum atomic E-state index is 12.4. The summed E-state index contributed by atoms with van der Waals surface area (Å²) >= 11 is 2.83. The van der Waals surface area contributed by atoms with Crippen molar-refractivity contribution < 1.29 is 9.53 Å². The minimum Gasteiger partial charge on any atom is -0.397 e. The normalized spacial score (nSPS) is 15.9. The van der Waals surface area contributed by atoms with Crippen LogP contribution in [-0.4, -0.2) is 50.7 Å². The first kappa shape index (κ1) is 20.9. The highest BCUT2D eigenvalue weighted by Crippen LogP contribution is 2.40. The number of para-hydroxylation sites is 1. The lowest BCUT2D eigenvalue weighted by molar-refractivity contribution is -0.119. The number of thioether (sulfide) groups is 1. The highest BCUT2D eigenvalue weighted by molar-refractivity contribution is 7.99. The topological polar surface area (TPSA) is 108 Å². The zero-order valence-electron chi connectivity index (χ0n) is 17.2. The lowest BCUT2D eigenvalue weighted by Gasteiger charge is -2.11. The van der Waals surface area contributed by atoms with Gasteiger partial charge in [0, 0.05) is 30.4 Å². The first-order valence-corrected chi connectivity index (χ1v) is 12.2. The fourth-order valence-electron chi connectivity index (χ4n) is 3.65. The van der Waals surface area contributed by atoms with Crippen LogP contribution in [0.15, 0.2) is 53.8 Å². The quantitative estimate of drug-likeness (QED) is 0.401. The van der Waals surface area contributed by atoms with Crippen molar-refractivity contribution in [2.45, 2.75) is 24.1 Å². The van der Waals surface area contributed by atoms with E-state index in [1.807, 2.05) is 47.0 Å². The molecule has 1 aromatic carbocycles. The van der Waals surface area contributed by atoms with E-state index in [4.69, 9.17) is 10.5 Å². The number of aromatic nitrogens is 4. The number of pyridine rings is 1. The average Bonchev–Trinajstić information content (AvgIpc) is 3.56. The highest BCUT2D eigenvalue weighted by Gasteiger charge is 2.22. The van der Waals surface area contributed by atoms with Crippen molar-refractivity contribution in [1.82, 2.24) is 25.1 Å². The smallest absolute Gasteiger partial charge is 0.230 e. The van der Waals surface area contributed by atoms with Crippen molar-refractivity contribution in [3.05, 3.63) is 48.7 Å². The Morgan fingerprint density at radius 3 is 2.91 bits per heavy atom. The molecule has 0 bridgehead atoms. The lowest BCUT2D eigenvalue weighted by Crippen LogP contribution is -2.32. The second-order valence-corrected chi connectivity index (χ2v) is 9.35. The van der Waals surface area contributed by atoms with Crippen LogP contribution in [0.4, 0.5) is 5.69 Å². The van der Waals surface area contributed by atoms with E-state index in [2.05, 4.69) is 20.5 Å². The van der Waals surface area contributed by atoms with Crippen LogP contribution in [0, 0.1) is 0 Å². The molecule has 1 aliphatic heterocycles. The Bertz CT molecular complexity index is 1230. The van der Waals surface area contributed by atoms with Gasteiger partial charge in [-0.3, -0.25) is 9.36 Å². The molecule has 1 amide bonds. The van der Waals surface area contributed by atoms with Gasteiger partial charge in [0.25, 0.3) is 0 Å². The van der Waals surface area contributed by atoms with Gasteiger partial charge in [0.1, 0.15) is 4.83 Å². The number of nitrogens with two attached hydrogens (primary N) is 1. The molecule has 0 spiro atoms. The van der Waals surface area contributed by atoms with Gasteiger partial charge in [-0.15, -0.1) is 21.5 Å². The minimum absolute atomic E-state index is 0.0553. The molecule has 3 aromatic heterocycles. The van der Waals surface area contributed by atoms with E-state index in [9.17, 15) is 4.79 Å². The van der Waals surface area contributed by atoms with E-state index in [1.165, 1.54) is 23.1 Å². The molecular formula is C22H22N6O2S2. The molecule has 0 aliphatic carbocycles. The van der Waals surface area contributed by atoms with Gasteiger partial charge in [-0.1, -0.05) is 30.0 Å². The summed E-state index contributed by atoms with van der Waals surface area (Å²) in [5.41, 5.74) is 7.99. The summed E-state index contributed by atoms with van der Waals surface area (Å²) in [6.45, 7) is 1.32. The van der Waals surface area contributed by atoms with Crippen molar-refractivity contribution in [3.8, 4) is 16.4 Å². The average molecular weight is 467 g/mol. The molecule has 1 aliphatic rings. The van der Waals surface area contributed by atoms with Crippen molar-refractivity contribution in [3.63, 3.8) is 0 Å². The number of anilines is 1. The molecule has 1 fully saturated rings. The molecule has 4 aromatic rings. The number of nitrogens with one attached hydrogen (secondary N) is 1. The van der Waals surface area contributed by atoms with E-state index in [0.717, 1.165) is 40.2 Å². The van der Waals surface area contributed by atoms with Gasteiger partial charge in [0.2, 0.25) is 5.91 Å². The molecule has 4 heterocycles. The number of thiophene rings is 1. The van der Waals surface area contributed by atoms with Gasteiger partial charge in [-0.25, -0.2) is 4.98 Å². The largest absolute Gasteiger partial charge is 0.397 e. The predicted octanol–water partition coefficient (Wildman–Crippen LogP) is 3.51. The first-order chi connectivity index (χ1) is 15.7. The molecule has 0 radical (unpaired) electrons. The molecule has 164 valence electrons. The number of fused-ring (bicyclic) bond motifs is 1. The van der Waals surface area contributed by atoms with E-state index in [1.54, 1.807) is 6.20 Å². The SMILES string of the molecule is Nc1c(-c2nnc(SCC(=O)NC[C@H]3CCCO3)n2-c2ccccc2)sc2ncccc12. The van der Waals surface area contributed by atoms with E-state index in [0.29, 0.717) is 23.2 Å². The number of hydrogen-bond donors (Lipinski definition) is 2. The van der Waals surface area contributed by atoms with Crippen molar-refractivity contribution >= 4 is 44.9 Å². The molecule has 8 nitrogen and oxygen atoms in total. The van der Waals surface area contributed by atoms with Crippen LogP contribution in [0.25, 0.3) is 26.6 Å². The molecule has 1 saturated heterocycles. The van der Waals surface area contributed by atoms with Gasteiger partial charge in [0.15, 0.2) is 11.0 Å². The van der Waals surface area contributed by atoms with Gasteiger partial charge >= 0.3 is 0 Å². The minimum atomic E-state index is -0.0553. The Balaban J connectivity index is 1.42. The maximum absolute atomic E-state index is 12.4. The summed E-state index contributed by atoms with van der Waals surface area (Å²) in [5, 5.41) is 13.3. The number of rotatable bonds is 7. The van der Waals surface area contributed by atoms with E-state index < -0.39 is 0 Å². The summed E-state index contributed by atoms with van der Waals surface area (Å²) in [4.78, 5) is 18.5. The molecule has 1 atom stereocenters. The third-order valence-electron chi connectivity index (χ3n) is 5.24. The lowest BCUT2D eigenvalue weighted by atomic mass is 10.2. The summed E-state index contributed by atoms with van der Waals surface area (Å²) in [6, 6.07) is 13.7. The number of hydrogen-bond acceptors (Lipinski definition) is 8. The maximum Gasteiger partial charge on any atom is 0.230 e. The van der Waals surface area contributed by atoms with Crippen LogP contribution in [0.1, 0.15) is 12.8 Å². The fraction of sp³-hybridized carbons (Fsp3) is 0.273. The molecule has 5 rings (SSSR count). The Labute approximate surface area is 193 Å². The van der Waals surface area contributed by atoms with Gasteiger partial charge in [-0.2, -0.15) is 0 Å². The molecule has 0 saturated carbocycles. The van der Waals surface area contributed by atoms with Crippen LogP contribution in [0.3, 0.4) is 0 Å². The number of benzene rings is 1. The predicted molar refractivity (Wildman–Crippen MR) is 127 cm³/mol. The van der Waals surface area contributed by atoms with Gasteiger partial charge in [-0.05, 0) is 37.1 Å². The number of nitrogens with zero attached hydrogens (tertiary/aromatic N) is 4. The van der Waals surface area contributed by atoms with Crippen molar-refractivity contribution in [2.75, 3.05) is 24.6 Å². The summed E-state index contributed by atoms with van der Waals surface area (Å²) in [5.74, 6) is 0.820. The second kappa shape index (κ2) is 9.27. The van der Waals surface area contributed by atoms with Crippen LogP contribution < -0.4 is 11.1 Å². The van der Waals surface area contributed by atoms with Crippen LogP contribution >= 0.6 is 23.1 Å². The van der Waals surface area contributed by atoms with Crippen molar-refractivity contribution in [1.29, 1.82) is 0 Å². The molecule has 10 heteroatoms. The Hall–Kier alpha value is -2.95. The second-order valence-electron chi connectivity index (χ2n) is 7.41. The third-order valence-corrected chi connectivity index (χ3v) is 7.29. The third kappa shape index (κ3) is 4.21. The van der Waals surface area contributed by atoms with Crippen LogP contribution in [0.5, 0.6) is 0 Å². The zero-order chi connectivity index (χ0) is 21.9. The summed E-state index contributed by atoms with van der Waals surface area (Å²) in [6.07, 6.45) is 3.91. The number of nitrogen functional groups attached to an aromatic ring is 1. The van der Waals surface area contributed by atoms with E-state index in [-0.39, 0.29) is 17.8 Å². The number of carbonyl (C=O) groups is 1. The Morgan fingerprint density at radius 2 is 2.12 bits per heavy atom. The summed E-state index contributed by atoms with van der Waals surface area (Å²) in [7, 11) is 0. The Kier molecular flexibility index (Phi) is 6.06. The van der Waals surface area contributed by atoms with Crippen LogP contribution in [-0.2, 0) is 9.53 Å². The van der Waals surface area contributed by atoms with Gasteiger partial charge in [0.05, 0.1) is 22.4 Å². The molecular weight excluding hydrogens is 444 g/mol. The van der Waals surface area contributed by atoms with Gasteiger partial charge < -0.3 is 15.8 Å². The molecule has 3 N–H and O–H groups in total. The molecule has 32 heavy (non-hydrogen) atoms.